The molecule has 0 aliphatic rings. The van der Waals surface area contributed by atoms with Crippen molar-refractivity contribution in [1.82, 2.24) is 0 Å². The van der Waals surface area contributed by atoms with Crippen LogP contribution in [0.3, 0.4) is 0 Å². The summed E-state index contributed by atoms with van der Waals surface area (Å²) >= 11 is 0. The van der Waals surface area contributed by atoms with Crippen LogP contribution in [-0.4, -0.2) is 20.0 Å². The molecule has 0 aliphatic heterocycles. The predicted molar refractivity (Wildman–Crippen MR) is 62.6 cm³/mol. The molecule has 4 heteroatoms. The Kier molecular flexibility index (Phi) is 5.67. The molecule has 0 atom stereocenters. The van der Waals surface area contributed by atoms with Crippen molar-refractivity contribution in [3.05, 3.63) is 23.8 Å². The Morgan fingerprint density at radius 2 is 1.94 bits per heavy atom. The highest BCUT2D eigenvalue weighted by Gasteiger charge is 2.09. The molecule has 1 aromatic carbocycles. The summed E-state index contributed by atoms with van der Waals surface area (Å²) in [6, 6.07) is 5.69. The first kappa shape index (κ1) is 12.8. The predicted octanol–water partition coefficient (Wildman–Crippen LogP) is 1.92. The molecule has 0 unspecified atom stereocenters. The number of nitrogens with two attached hydrogens (primary N) is 1. The van der Waals surface area contributed by atoms with E-state index in [0.29, 0.717) is 31.3 Å². The van der Waals surface area contributed by atoms with E-state index in [2.05, 4.69) is 0 Å². The maximum atomic E-state index is 5.64. The molecule has 2 N–H and O–H groups in total. The quantitative estimate of drug-likeness (QED) is 0.569. The van der Waals surface area contributed by atoms with Gasteiger partial charge in [-0.3, -0.25) is 0 Å². The lowest BCUT2D eigenvalue weighted by atomic mass is 10.2. The van der Waals surface area contributed by atoms with Crippen LogP contribution in [-0.2, 0) is 11.3 Å². The molecule has 1 rings (SSSR count). The molecule has 0 saturated heterocycles. The first-order valence-electron chi connectivity index (χ1n) is 5.48. The molecule has 0 bridgehead atoms. The van der Waals surface area contributed by atoms with Crippen molar-refractivity contribution in [3.8, 4) is 11.5 Å². The Balaban J connectivity index is 2.81. The Bertz CT molecular complexity index is 315. The summed E-state index contributed by atoms with van der Waals surface area (Å²) in [7, 11) is 0. The number of rotatable bonds is 7. The van der Waals surface area contributed by atoms with E-state index in [-0.39, 0.29) is 6.79 Å². The lowest BCUT2D eigenvalue weighted by molar-refractivity contribution is 0.0200. The van der Waals surface area contributed by atoms with Crippen LogP contribution >= 0.6 is 0 Å². The van der Waals surface area contributed by atoms with Crippen LogP contribution in [0.2, 0.25) is 0 Å². The molecular formula is C12H19NO3. The first-order valence-corrected chi connectivity index (χ1v) is 5.48. The van der Waals surface area contributed by atoms with E-state index in [0.717, 1.165) is 5.56 Å². The molecular weight excluding hydrogens is 206 g/mol. The standard InChI is InChI=1S/C12H19NO3/c1-3-14-9-16-12-10(8-13)6-5-7-11(12)15-4-2/h5-7H,3-4,8-9,13H2,1-2H3. The van der Waals surface area contributed by atoms with Crippen molar-refractivity contribution in [2.45, 2.75) is 20.4 Å². The van der Waals surface area contributed by atoms with Crippen LogP contribution in [0, 0.1) is 0 Å². The molecule has 16 heavy (non-hydrogen) atoms. The van der Waals surface area contributed by atoms with Gasteiger partial charge in [-0.25, -0.2) is 0 Å². The van der Waals surface area contributed by atoms with Gasteiger partial charge in [-0.05, 0) is 19.9 Å². The molecule has 4 nitrogen and oxygen atoms in total. The van der Waals surface area contributed by atoms with Gasteiger partial charge in [0.25, 0.3) is 0 Å². The summed E-state index contributed by atoms with van der Waals surface area (Å²) in [5, 5.41) is 0. The van der Waals surface area contributed by atoms with Gasteiger partial charge in [-0.1, -0.05) is 12.1 Å². The molecule has 0 saturated carbocycles. The van der Waals surface area contributed by atoms with Gasteiger partial charge in [-0.2, -0.15) is 0 Å². The monoisotopic (exact) mass is 225 g/mol. The largest absolute Gasteiger partial charge is 0.490 e. The Hall–Kier alpha value is -1.26. The molecule has 0 fully saturated rings. The van der Waals surface area contributed by atoms with E-state index < -0.39 is 0 Å². The number of benzene rings is 1. The van der Waals surface area contributed by atoms with E-state index in [1.54, 1.807) is 0 Å². The van der Waals surface area contributed by atoms with Gasteiger partial charge in [-0.15, -0.1) is 0 Å². The minimum atomic E-state index is 0.216. The molecule has 0 heterocycles. The van der Waals surface area contributed by atoms with Gasteiger partial charge in [0.2, 0.25) is 0 Å². The molecule has 0 amide bonds. The average Bonchev–Trinajstić information content (AvgIpc) is 2.31. The maximum absolute atomic E-state index is 5.64. The van der Waals surface area contributed by atoms with Crippen LogP contribution in [0.15, 0.2) is 18.2 Å². The first-order chi connectivity index (χ1) is 7.83. The van der Waals surface area contributed by atoms with Crippen LogP contribution in [0.25, 0.3) is 0 Å². The van der Waals surface area contributed by atoms with Gasteiger partial charge < -0.3 is 19.9 Å². The van der Waals surface area contributed by atoms with Crippen molar-refractivity contribution < 1.29 is 14.2 Å². The van der Waals surface area contributed by atoms with E-state index >= 15 is 0 Å². The highest BCUT2D eigenvalue weighted by atomic mass is 16.7. The minimum Gasteiger partial charge on any atom is -0.490 e. The fourth-order valence-corrected chi connectivity index (χ4v) is 1.34. The Morgan fingerprint density at radius 3 is 2.56 bits per heavy atom. The van der Waals surface area contributed by atoms with Crippen LogP contribution in [0.1, 0.15) is 19.4 Å². The molecule has 0 radical (unpaired) electrons. The number of para-hydroxylation sites is 1. The normalized spacial score (nSPS) is 10.2. The zero-order valence-electron chi connectivity index (χ0n) is 9.86. The zero-order chi connectivity index (χ0) is 11.8. The second-order valence-corrected chi connectivity index (χ2v) is 3.14. The molecule has 90 valence electrons. The fourth-order valence-electron chi connectivity index (χ4n) is 1.34. The third-order valence-corrected chi connectivity index (χ3v) is 2.07. The second kappa shape index (κ2) is 7.09. The van der Waals surface area contributed by atoms with E-state index in [1.807, 2.05) is 32.0 Å². The van der Waals surface area contributed by atoms with Crippen LogP contribution < -0.4 is 15.2 Å². The third kappa shape index (κ3) is 3.40. The summed E-state index contributed by atoms with van der Waals surface area (Å²) in [5.41, 5.74) is 6.57. The highest BCUT2D eigenvalue weighted by Crippen LogP contribution is 2.31. The zero-order valence-corrected chi connectivity index (χ0v) is 9.86. The lowest BCUT2D eigenvalue weighted by Crippen LogP contribution is -2.08. The SMILES string of the molecule is CCOCOc1c(CN)cccc1OCC. The van der Waals surface area contributed by atoms with Crippen molar-refractivity contribution in [1.29, 1.82) is 0 Å². The van der Waals surface area contributed by atoms with Gasteiger partial charge in [0.05, 0.1) is 6.61 Å². The smallest absolute Gasteiger partial charge is 0.189 e. The molecule has 0 aromatic heterocycles. The summed E-state index contributed by atoms with van der Waals surface area (Å²) < 4.78 is 16.2. The average molecular weight is 225 g/mol. The molecule has 0 aliphatic carbocycles. The van der Waals surface area contributed by atoms with E-state index in [9.17, 15) is 0 Å². The topological polar surface area (TPSA) is 53.7 Å². The van der Waals surface area contributed by atoms with Crippen LogP contribution in [0.5, 0.6) is 11.5 Å². The lowest BCUT2D eigenvalue weighted by Gasteiger charge is -2.14. The van der Waals surface area contributed by atoms with E-state index in [1.165, 1.54) is 0 Å². The highest BCUT2D eigenvalue weighted by molar-refractivity contribution is 5.46. The number of hydrogen-bond donors (Lipinski definition) is 1. The van der Waals surface area contributed by atoms with Crippen molar-refractivity contribution in [3.63, 3.8) is 0 Å². The third-order valence-electron chi connectivity index (χ3n) is 2.07. The fraction of sp³-hybridized carbons (Fsp3) is 0.500. The van der Waals surface area contributed by atoms with Crippen molar-refractivity contribution in [2.75, 3.05) is 20.0 Å². The molecule has 1 aromatic rings. The summed E-state index contributed by atoms with van der Waals surface area (Å²) in [4.78, 5) is 0. The van der Waals surface area contributed by atoms with Crippen molar-refractivity contribution in [2.24, 2.45) is 5.73 Å². The van der Waals surface area contributed by atoms with Crippen LogP contribution in [0.4, 0.5) is 0 Å². The van der Waals surface area contributed by atoms with E-state index in [4.69, 9.17) is 19.9 Å². The number of ether oxygens (including phenoxy) is 3. The van der Waals surface area contributed by atoms with Gasteiger partial charge >= 0.3 is 0 Å². The summed E-state index contributed by atoms with van der Waals surface area (Å²) in [6.45, 7) is 5.70. The molecule has 0 spiro atoms. The maximum Gasteiger partial charge on any atom is 0.189 e. The number of hydrogen-bond acceptors (Lipinski definition) is 4. The Labute approximate surface area is 96.3 Å². The summed E-state index contributed by atoms with van der Waals surface area (Å²) in [6.07, 6.45) is 0. The van der Waals surface area contributed by atoms with Gasteiger partial charge in [0.15, 0.2) is 18.3 Å². The van der Waals surface area contributed by atoms with Crippen molar-refractivity contribution >= 4 is 0 Å². The summed E-state index contributed by atoms with van der Waals surface area (Å²) in [5.74, 6) is 1.39. The van der Waals surface area contributed by atoms with Gasteiger partial charge in [0.1, 0.15) is 0 Å². The minimum absolute atomic E-state index is 0.216. The second-order valence-electron chi connectivity index (χ2n) is 3.14. The van der Waals surface area contributed by atoms with Gasteiger partial charge in [0, 0.05) is 18.7 Å². The Morgan fingerprint density at radius 1 is 1.12 bits per heavy atom.